The molecule has 1 aromatic carbocycles. The molecule has 0 spiro atoms. The van der Waals surface area contributed by atoms with E-state index in [4.69, 9.17) is 4.74 Å². The van der Waals surface area contributed by atoms with Crippen molar-refractivity contribution < 1.29 is 4.74 Å². The Labute approximate surface area is 109 Å². The van der Waals surface area contributed by atoms with Crippen molar-refractivity contribution >= 4 is 15.9 Å². The molecule has 0 amide bonds. The van der Waals surface area contributed by atoms with Crippen molar-refractivity contribution in [3.63, 3.8) is 0 Å². The maximum absolute atomic E-state index is 5.07. The average Bonchev–Trinajstić information content (AvgIpc) is 2.77. The van der Waals surface area contributed by atoms with Crippen LogP contribution in [0.1, 0.15) is 5.56 Å². The Hall–Kier alpha value is -1.20. The van der Waals surface area contributed by atoms with Gasteiger partial charge in [0.1, 0.15) is 6.33 Å². The van der Waals surface area contributed by atoms with E-state index in [0.717, 1.165) is 22.4 Å². The molecule has 5 heteroatoms. The predicted molar refractivity (Wildman–Crippen MR) is 69.8 cm³/mol. The van der Waals surface area contributed by atoms with Crippen LogP contribution in [0.2, 0.25) is 0 Å². The van der Waals surface area contributed by atoms with Gasteiger partial charge in [0.2, 0.25) is 0 Å². The Morgan fingerprint density at radius 1 is 1.41 bits per heavy atom. The van der Waals surface area contributed by atoms with Crippen LogP contribution in [-0.4, -0.2) is 28.5 Å². The van der Waals surface area contributed by atoms with E-state index < -0.39 is 0 Å². The van der Waals surface area contributed by atoms with Crippen molar-refractivity contribution in [1.29, 1.82) is 0 Å². The largest absolute Gasteiger partial charge is 0.383 e. The summed E-state index contributed by atoms with van der Waals surface area (Å²) in [5.41, 5.74) is 2.25. The summed E-state index contributed by atoms with van der Waals surface area (Å²) in [5, 5.41) is 8.13. The van der Waals surface area contributed by atoms with Gasteiger partial charge in [-0.15, -0.1) is 10.2 Å². The lowest BCUT2D eigenvalue weighted by atomic mass is 10.1. The fourth-order valence-corrected chi connectivity index (χ4v) is 2.05. The monoisotopic (exact) mass is 295 g/mol. The van der Waals surface area contributed by atoms with Crippen molar-refractivity contribution in [2.24, 2.45) is 0 Å². The maximum atomic E-state index is 5.07. The second-order valence-corrected chi connectivity index (χ2v) is 4.68. The van der Waals surface area contributed by atoms with Gasteiger partial charge >= 0.3 is 0 Å². The normalized spacial score (nSPS) is 10.8. The Morgan fingerprint density at radius 2 is 2.24 bits per heavy atom. The van der Waals surface area contributed by atoms with E-state index in [1.54, 1.807) is 13.4 Å². The Balaban J connectivity index is 2.38. The highest BCUT2D eigenvalue weighted by Crippen LogP contribution is 2.27. The highest BCUT2D eigenvalue weighted by Gasteiger charge is 2.10. The van der Waals surface area contributed by atoms with Gasteiger partial charge < -0.3 is 9.30 Å². The summed E-state index contributed by atoms with van der Waals surface area (Å²) in [7, 11) is 1.69. The third-order valence-corrected chi connectivity index (χ3v) is 3.21. The molecule has 1 aromatic heterocycles. The van der Waals surface area contributed by atoms with Crippen LogP contribution in [0.3, 0.4) is 0 Å². The zero-order valence-corrected chi connectivity index (χ0v) is 11.4. The van der Waals surface area contributed by atoms with Gasteiger partial charge in [0.15, 0.2) is 5.82 Å². The van der Waals surface area contributed by atoms with Gasteiger partial charge in [-0.05, 0) is 19.1 Å². The van der Waals surface area contributed by atoms with Gasteiger partial charge in [0.25, 0.3) is 0 Å². The minimum atomic E-state index is 0.647. The molecule has 0 aliphatic rings. The number of aryl methyl sites for hydroxylation is 1. The fourth-order valence-electron chi connectivity index (χ4n) is 1.63. The number of rotatable bonds is 4. The molecule has 0 saturated carbocycles. The number of nitrogens with zero attached hydrogens (tertiary/aromatic N) is 3. The molecule has 0 aliphatic carbocycles. The minimum Gasteiger partial charge on any atom is -0.383 e. The van der Waals surface area contributed by atoms with Crippen LogP contribution in [0, 0.1) is 6.92 Å². The highest BCUT2D eigenvalue weighted by atomic mass is 79.9. The van der Waals surface area contributed by atoms with Gasteiger partial charge in [-0.3, -0.25) is 0 Å². The van der Waals surface area contributed by atoms with Crippen LogP contribution in [0.15, 0.2) is 29.0 Å². The van der Waals surface area contributed by atoms with E-state index in [1.807, 2.05) is 10.6 Å². The molecule has 0 N–H and O–H groups in total. The molecule has 0 radical (unpaired) electrons. The number of hydrogen-bond donors (Lipinski definition) is 0. The van der Waals surface area contributed by atoms with Gasteiger partial charge in [-0.25, -0.2) is 0 Å². The van der Waals surface area contributed by atoms with Gasteiger partial charge in [-0.2, -0.15) is 0 Å². The molecule has 0 atom stereocenters. The molecule has 90 valence electrons. The highest BCUT2D eigenvalue weighted by molar-refractivity contribution is 9.10. The number of halogens is 1. The summed E-state index contributed by atoms with van der Waals surface area (Å²) in [4.78, 5) is 0. The van der Waals surface area contributed by atoms with Crippen LogP contribution >= 0.6 is 15.9 Å². The van der Waals surface area contributed by atoms with E-state index in [2.05, 4.69) is 45.2 Å². The molecule has 0 unspecified atom stereocenters. The number of aromatic nitrogens is 3. The Bertz CT molecular complexity index is 510. The lowest BCUT2D eigenvalue weighted by molar-refractivity contribution is 0.187. The van der Waals surface area contributed by atoms with Crippen molar-refractivity contribution in [3.05, 3.63) is 34.6 Å². The summed E-state index contributed by atoms with van der Waals surface area (Å²) in [6.45, 7) is 3.46. The number of ether oxygens (including phenoxy) is 1. The van der Waals surface area contributed by atoms with Crippen LogP contribution in [0.25, 0.3) is 11.4 Å². The summed E-state index contributed by atoms with van der Waals surface area (Å²) >= 11 is 3.54. The van der Waals surface area contributed by atoms with Crippen molar-refractivity contribution in [3.8, 4) is 11.4 Å². The molecule has 0 bridgehead atoms. The first-order valence-corrected chi connectivity index (χ1v) is 6.15. The quantitative estimate of drug-likeness (QED) is 0.871. The van der Waals surface area contributed by atoms with Crippen molar-refractivity contribution in [2.75, 3.05) is 13.7 Å². The van der Waals surface area contributed by atoms with E-state index >= 15 is 0 Å². The van der Waals surface area contributed by atoms with Crippen LogP contribution < -0.4 is 0 Å². The molecule has 1 heterocycles. The van der Waals surface area contributed by atoms with E-state index in [-0.39, 0.29) is 0 Å². The Kier molecular flexibility index (Phi) is 3.91. The fraction of sp³-hybridized carbons (Fsp3) is 0.333. The Morgan fingerprint density at radius 3 is 3.00 bits per heavy atom. The van der Waals surface area contributed by atoms with Gasteiger partial charge in [0, 0.05) is 23.7 Å². The summed E-state index contributed by atoms with van der Waals surface area (Å²) in [5.74, 6) is 0.859. The second kappa shape index (κ2) is 5.42. The molecule has 0 saturated heterocycles. The average molecular weight is 296 g/mol. The minimum absolute atomic E-state index is 0.647. The van der Waals surface area contributed by atoms with Crippen LogP contribution in [0.5, 0.6) is 0 Å². The maximum Gasteiger partial charge on any atom is 0.164 e. The standard InChI is InChI=1S/C12H14BrN3O/c1-9-3-4-11(13)10(7-9)12-15-14-8-16(12)5-6-17-2/h3-4,7-8H,5-6H2,1-2H3. The summed E-state index contributed by atoms with van der Waals surface area (Å²) in [6.07, 6.45) is 1.73. The predicted octanol–water partition coefficient (Wildman–Crippen LogP) is 2.66. The second-order valence-electron chi connectivity index (χ2n) is 3.82. The zero-order valence-electron chi connectivity index (χ0n) is 9.85. The number of hydrogen-bond acceptors (Lipinski definition) is 3. The lowest BCUT2D eigenvalue weighted by Crippen LogP contribution is -2.05. The van der Waals surface area contributed by atoms with Crippen LogP contribution in [-0.2, 0) is 11.3 Å². The lowest BCUT2D eigenvalue weighted by Gasteiger charge is -2.08. The van der Waals surface area contributed by atoms with E-state index in [9.17, 15) is 0 Å². The topological polar surface area (TPSA) is 39.9 Å². The molecule has 4 nitrogen and oxygen atoms in total. The zero-order chi connectivity index (χ0) is 12.3. The molecule has 0 aliphatic heterocycles. The van der Waals surface area contributed by atoms with Gasteiger partial charge in [0.05, 0.1) is 6.61 Å². The first-order chi connectivity index (χ1) is 8.22. The van der Waals surface area contributed by atoms with E-state index in [1.165, 1.54) is 5.56 Å². The van der Waals surface area contributed by atoms with E-state index in [0.29, 0.717) is 6.61 Å². The molecule has 0 fully saturated rings. The summed E-state index contributed by atoms with van der Waals surface area (Å²) in [6, 6.07) is 6.18. The van der Waals surface area contributed by atoms with Crippen molar-refractivity contribution in [2.45, 2.75) is 13.5 Å². The molecule has 2 rings (SSSR count). The molecular weight excluding hydrogens is 282 g/mol. The molecular formula is C12H14BrN3O. The first kappa shape index (κ1) is 12.3. The number of benzene rings is 1. The smallest absolute Gasteiger partial charge is 0.164 e. The molecule has 2 aromatic rings. The van der Waals surface area contributed by atoms with Crippen LogP contribution in [0.4, 0.5) is 0 Å². The van der Waals surface area contributed by atoms with Gasteiger partial charge in [-0.1, -0.05) is 27.6 Å². The van der Waals surface area contributed by atoms with Crippen molar-refractivity contribution in [1.82, 2.24) is 14.8 Å². The molecule has 17 heavy (non-hydrogen) atoms. The summed E-state index contributed by atoms with van der Waals surface area (Å²) < 4.78 is 8.08. The third-order valence-electron chi connectivity index (χ3n) is 2.51. The third kappa shape index (κ3) is 2.73. The first-order valence-electron chi connectivity index (χ1n) is 5.35. The number of methoxy groups -OCH3 is 1. The SMILES string of the molecule is COCCn1cnnc1-c1cc(C)ccc1Br.